The van der Waals surface area contributed by atoms with Crippen LogP contribution in [0.15, 0.2) is 133 Å². The first-order valence-corrected chi connectivity index (χ1v) is 12.8. The van der Waals surface area contributed by atoms with Crippen LogP contribution in [-0.4, -0.2) is 5.66 Å². The van der Waals surface area contributed by atoms with Crippen LogP contribution < -0.4 is 10.6 Å². The molecule has 2 aliphatic rings. The SMILES string of the molecule is C=C(C1=C(/C=C\C)C=CCC1)c1c(NC2(C(C)c3ccccc3)C=CC=CN2)ccc2ccccc12. The number of hydrogen-bond donors (Lipinski definition) is 2. The second-order valence-electron chi connectivity index (χ2n) is 9.55. The Hall–Kier alpha value is -4.04. The van der Waals surface area contributed by atoms with Gasteiger partial charge in [0.1, 0.15) is 5.66 Å². The van der Waals surface area contributed by atoms with Gasteiger partial charge in [-0.15, -0.1) is 0 Å². The average molecular weight is 471 g/mol. The Labute approximate surface area is 215 Å². The van der Waals surface area contributed by atoms with Gasteiger partial charge in [0, 0.05) is 17.2 Å². The second-order valence-corrected chi connectivity index (χ2v) is 9.55. The zero-order valence-corrected chi connectivity index (χ0v) is 21.2. The molecule has 36 heavy (non-hydrogen) atoms. The van der Waals surface area contributed by atoms with Crippen molar-refractivity contribution in [3.63, 3.8) is 0 Å². The monoisotopic (exact) mass is 470 g/mol. The Kier molecular flexibility index (Phi) is 6.77. The first-order valence-electron chi connectivity index (χ1n) is 12.8. The summed E-state index contributed by atoms with van der Waals surface area (Å²) in [4.78, 5) is 0. The molecular formula is C34H34N2. The number of allylic oxidation sites excluding steroid dienone is 9. The van der Waals surface area contributed by atoms with E-state index in [4.69, 9.17) is 6.58 Å². The predicted octanol–water partition coefficient (Wildman–Crippen LogP) is 8.66. The molecule has 0 spiro atoms. The fourth-order valence-corrected chi connectivity index (χ4v) is 5.38. The zero-order valence-electron chi connectivity index (χ0n) is 21.2. The fraction of sp³-hybridized carbons (Fsp3) is 0.176. The highest BCUT2D eigenvalue weighted by molar-refractivity contribution is 6.02. The summed E-state index contributed by atoms with van der Waals surface area (Å²) in [5.74, 6) is 0.169. The molecule has 2 unspecified atom stereocenters. The van der Waals surface area contributed by atoms with E-state index in [9.17, 15) is 0 Å². The molecule has 2 atom stereocenters. The summed E-state index contributed by atoms with van der Waals surface area (Å²) in [6, 6.07) is 23.7. The minimum atomic E-state index is -0.486. The number of nitrogens with one attached hydrogen (secondary N) is 2. The maximum Gasteiger partial charge on any atom is 0.134 e. The number of benzene rings is 3. The molecule has 0 amide bonds. The molecule has 3 aromatic rings. The number of fused-ring (bicyclic) bond motifs is 1. The van der Waals surface area contributed by atoms with Crippen molar-refractivity contribution < 1.29 is 0 Å². The Morgan fingerprint density at radius 3 is 2.61 bits per heavy atom. The highest BCUT2D eigenvalue weighted by Gasteiger charge is 2.35. The predicted molar refractivity (Wildman–Crippen MR) is 156 cm³/mol. The molecule has 0 saturated carbocycles. The third-order valence-electron chi connectivity index (χ3n) is 7.36. The van der Waals surface area contributed by atoms with Crippen molar-refractivity contribution in [1.29, 1.82) is 0 Å². The number of rotatable bonds is 7. The van der Waals surface area contributed by atoms with Crippen molar-refractivity contribution in [2.75, 3.05) is 5.32 Å². The molecule has 0 saturated heterocycles. The van der Waals surface area contributed by atoms with E-state index >= 15 is 0 Å². The Bertz CT molecular complexity index is 1410. The van der Waals surface area contributed by atoms with Crippen molar-refractivity contribution in [3.05, 3.63) is 144 Å². The number of anilines is 1. The van der Waals surface area contributed by atoms with Crippen LogP contribution in [0.1, 0.15) is 43.7 Å². The summed E-state index contributed by atoms with van der Waals surface area (Å²) in [6.07, 6.45) is 19.3. The van der Waals surface area contributed by atoms with Crippen LogP contribution in [0.3, 0.4) is 0 Å². The largest absolute Gasteiger partial charge is 0.365 e. The lowest BCUT2D eigenvalue weighted by Crippen LogP contribution is -2.53. The molecule has 0 aromatic heterocycles. The first kappa shape index (κ1) is 23.7. The molecule has 1 heterocycles. The first-order chi connectivity index (χ1) is 17.6. The van der Waals surface area contributed by atoms with Crippen LogP contribution >= 0.6 is 0 Å². The van der Waals surface area contributed by atoms with Crippen LogP contribution in [0, 0.1) is 0 Å². The Balaban J connectivity index is 1.66. The van der Waals surface area contributed by atoms with Crippen molar-refractivity contribution in [3.8, 4) is 0 Å². The lowest BCUT2D eigenvalue weighted by Gasteiger charge is -2.41. The van der Waals surface area contributed by atoms with E-state index < -0.39 is 5.66 Å². The van der Waals surface area contributed by atoms with Gasteiger partial charge in [-0.05, 0) is 77.2 Å². The second kappa shape index (κ2) is 10.3. The van der Waals surface area contributed by atoms with Gasteiger partial charge in [-0.2, -0.15) is 0 Å². The normalized spacial score (nSPS) is 20.1. The Morgan fingerprint density at radius 1 is 1.03 bits per heavy atom. The van der Waals surface area contributed by atoms with E-state index in [0.717, 1.165) is 24.1 Å². The van der Waals surface area contributed by atoms with Gasteiger partial charge >= 0.3 is 0 Å². The smallest absolute Gasteiger partial charge is 0.134 e. The molecule has 180 valence electrons. The van der Waals surface area contributed by atoms with Crippen molar-refractivity contribution in [2.24, 2.45) is 0 Å². The molecule has 1 aliphatic carbocycles. The summed E-state index contributed by atoms with van der Waals surface area (Å²) in [5.41, 5.74) is 6.69. The molecule has 1 aliphatic heterocycles. The summed E-state index contributed by atoms with van der Waals surface area (Å²) in [7, 11) is 0. The van der Waals surface area contributed by atoms with E-state index in [1.165, 1.54) is 33.0 Å². The summed E-state index contributed by atoms with van der Waals surface area (Å²) < 4.78 is 0. The topological polar surface area (TPSA) is 24.1 Å². The summed E-state index contributed by atoms with van der Waals surface area (Å²) in [6.45, 7) is 9.04. The van der Waals surface area contributed by atoms with Crippen molar-refractivity contribution in [1.82, 2.24) is 5.32 Å². The molecule has 0 fully saturated rings. The molecule has 2 heteroatoms. The van der Waals surface area contributed by atoms with Gasteiger partial charge in [0.15, 0.2) is 0 Å². The zero-order chi connectivity index (χ0) is 25.0. The average Bonchev–Trinajstić information content (AvgIpc) is 2.93. The fourth-order valence-electron chi connectivity index (χ4n) is 5.38. The Morgan fingerprint density at radius 2 is 1.83 bits per heavy atom. The van der Waals surface area contributed by atoms with E-state index in [0.29, 0.717) is 0 Å². The maximum absolute atomic E-state index is 4.69. The van der Waals surface area contributed by atoms with E-state index in [-0.39, 0.29) is 5.92 Å². The van der Waals surface area contributed by atoms with Crippen LogP contribution in [0.4, 0.5) is 5.69 Å². The van der Waals surface area contributed by atoms with E-state index in [2.05, 4.69) is 128 Å². The third kappa shape index (κ3) is 4.47. The van der Waals surface area contributed by atoms with Crippen LogP contribution in [0.25, 0.3) is 16.3 Å². The van der Waals surface area contributed by atoms with Gasteiger partial charge in [0.25, 0.3) is 0 Å². The van der Waals surface area contributed by atoms with E-state index in [1.807, 2.05) is 12.3 Å². The highest BCUT2D eigenvalue weighted by Crippen LogP contribution is 2.41. The quantitative estimate of drug-likeness (QED) is 0.361. The van der Waals surface area contributed by atoms with Gasteiger partial charge in [0.2, 0.25) is 0 Å². The molecule has 0 bridgehead atoms. The third-order valence-corrected chi connectivity index (χ3v) is 7.36. The summed E-state index contributed by atoms with van der Waals surface area (Å²) in [5, 5.41) is 10.0. The molecule has 5 rings (SSSR count). The molecule has 2 nitrogen and oxygen atoms in total. The molecule has 2 N–H and O–H groups in total. The standard InChI is InChI=1S/C34H34N2/c1-4-14-28-17-8-10-19-30(28)25(2)33-31-20-11-9-18-29(31)21-22-32(33)36-34(23-12-13-24-35-34)26(3)27-15-6-5-7-16-27/h4-9,11-18,20-24,26,35-36H,2,10,19H2,1,3H3/b14-4-. The minimum Gasteiger partial charge on any atom is -0.365 e. The highest BCUT2D eigenvalue weighted by atomic mass is 15.2. The van der Waals surface area contributed by atoms with Gasteiger partial charge in [-0.1, -0.05) is 105 Å². The van der Waals surface area contributed by atoms with Gasteiger partial charge in [0.05, 0.1) is 0 Å². The van der Waals surface area contributed by atoms with E-state index in [1.54, 1.807) is 0 Å². The maximum atomic E-state index is 4.69. The van der Waals surface area contributed by atoms with Crippen LogP contribution in [0.5, 0.6) is 0 Å². The van der Waals surface area contributed by atoms with Gasteiger partial charge < -0.3 is 10.6 Å². The van der Waals surface area contributed by atoms with Crippen molar-refractivity contribution >= 4 is 22.0 Å². The number of hydrogen-bond acceptors (Lipinski definition) is 2. The van der Waals surface area contributed by atoms with Gasteiger partial charge in [-0.3, -0.25) is 0 Å². The molecular weight excluding hydrogens is 436 g/mol. The van der Waals surface area contributed by atoms with Crippen molar-refractivity contribution in [2.45, 2.75) is 38.3 Å². The molecule has 3 aromatic carbocycles. The minimum absolute atomic E-state index is 0.169. The molecule has 0 radical (unpaired) electrons. The number of dihydropyridines is 1. The van der Waals surface area contributed by atoms with Gasteiger partial charge in [-0.25, -0.2) is 0 Å². The lowest BCUT2D eigenvalue weighted by atomic mass is 9.83. The lowest BCUT2D eigenvalue weighted by molar-refractivity contribution is 0.434. The van der Waals surface area contributed by atoms with Crippen LogP contribution in [0.2, 0.25) is 0 Å². The summed E-state index contributed by atoms with van der Waals surface area (Å²) >= 11 is 0. The van der Waals surface area contributed by atoms with Crippen LogP contribution in [-0.2, 0) is 0 Å².